The summed E-state index contributed by atoms with van der Waals surface area (Å²) in [6.45, 7) is 3.63. The van der Waals surface area contributed by atoms with E-state index in [1.807, 2.05) is 37.3 Å². The van der Waals surface area contributed by atoms with Crippen LogP contribution in [0.4, 0.5) is 15.9 Å². The Labute approximate surface area is 175 Å². The quantitative estimate of drug-likeness (QED) is 0.399. The molecule has 0 bridgehead atoms. The molecule has 5 rings (SSSR count). The van der Waals surface area contributed by atoms with Gasteiger partial charge in [-0.2, -0.15) is 9.50 Å². The highest BCUT2D eigenvalue weighted by Gasteiger charge is 2.12. The molecular formula is C21H18FN7S. The maximum atomic E-state index is 13.6. The van der Waals surface area contributed by atoms with E-state index in [1.54, 1.807) is 23.6 Å². The number of hydrogen-bond acceptors (Lipinski definition) is 6. The van der Waals surface area contributed by atoms with Gasteiger partial charge in [-0.25, -0.2) is 14.4 Å². The second kappa shape index (κ2) is 7.42. The van der Waals surface area contributed by atoms with Crippen LogP contribution in [-0.2, 0) is 5.75 Å². The number of aromatic amines is 1. The lowest BCUT2D eigenvalue weighted by atomic mass is 10.2. The number of nitrogens with one attached hydrogen (secondary N) is 2. The maximum Gasteiger partial charge on any atom is 0.255 e. The predicted molar refractivity (Wildman–Crippen MR) is 116 cm³/mol. The van der Waals surface area contributed by atoms with Crippen LogP contribution < -0.4 is 5.32 Å². The van der Waals surface area contributed by atoms with Gasteiger partial charge < -0.3 is 10.3 Å². The summed E-state index contributed by atoms with van der Waals surface area (Å²) in [5, 5.41) is 8.48. The number of fused-ring (bicyclic) bond motifs is 2. The first-order chi connectivity index (χ1) is 14.5. The van der Waals surface area contributed by atoms with Crippen molar-refractivity contribution in [1.29, 1.82) is 0 Å². The van der Waals surface area contributed by atoms with Crippen LogP contribution in [-0.4, -0.2) is 29.5 Å². The van der Waals surface area contributed by atoms with Crippen molar-refractivity contribution >= 4 is 40.1 Å². The molecule has 0 atom stereocenters. The summed E-state index contributed by atoms with van der Waals surface area (Å²) in [5.74, 6) is 2.46. The van der Waals surface area contributed by atoms with Crippen LogP contribution in [0.1, 0.15) is 17.1 Å². The zero-order chi connectivity index (χ0) is 20.7. The maximum absolute atomic E-state index is 13.6. The molecule has 150 valence electrons. The first kappa shape index (κ1) is 18.6. The number of para-hydroxylation sites is 2. The molecular weight excluding hydrogens is 401 g/mol. The van der Waals surface area contributed by atoms with Crippen LogP contribution in [0.15, 0.2) is 53.7 Å². The fourth-order valence-corrected chi connectivity index (χ4v) is 3.88. The van der Waals surface area contributed by atoms with Gasteiger partial charge in [0, 0.05) is 17.4 Å². The van der Waals surface area contributed by atoms with E-state index >= 15 is 0 Å². The Balaban J connectivity index is 1.41. The zero-order valence-corrected chi connectivity index (χ0v) is 17.2. The number of thioether (sulfide) groups is 1. The van der Waals surface area contributed by atoms with Gasteiger partial charge in [0.15, 0.2) is 0 Å². The first-order valence-corrected chi connectivity index (χ1v) is 10.4. The molecule has 2 aromatic carbocycles. The largest absolute Gasteiger partial charge is 0.341 e. The number of aromatic nitrogens is 6. The van der Waals surface area contributed by atoms with Gasteiger partial charge in [0.25, 0.3) is 5.78 Å². The number of hydrogen-bond donors (Lipinski definition) is 2. The van der Waals surface area contributed by atoms with Crippen LogP contribution in [0.25, 0.3) is 16.8 Å². The Kier molecular flexibility index (Phi) is 4.59. The molecule has 0 saturated heterocycles. The SMILES string of the molecule is Cc1cc(Nc2ccc(F)c(C)c2)n2nc(SCc3nc4ccccc4[nH]3)nc2n1. The molecule has 0 unspecified atom stereocenters. The van der Waals surface area contributed by atoms with Crippen molar-refractivity contribution in [3.63, 3.8) is 0 Å². The van der Waals surface area contributed by atoms with E-state index in [0.717, 1.165) is 28.2 Å². The number of halogens is 1. The third-order valence-corrected chi connectivity index (χ3v) is 5.48. The highest BCUT2D eigenvalue weighted by Crippen LogP contribution is 2.24. The number of H-pyrrole nitrogens is 1. The second-order valence-electron chi connectivity index (χ2n) is 6.97. The molecule has 0 saturated carbocycles. The van der Waals surface area contributed by atoms with E-state index in [-0.39, 0.29) is 5.82 Å². The minimum absolute atomic E-state index is 0.235. The van der Waals surface area contributed by atoms with Crippen LogP contribution in [0.2, 0.25) is 0 Å². The van der Waals surface area contributed by atoms with Gasteiger partial charge in [-0.3, -0.25) is 0 Å². The molecule has 0 aliphatic rings. The Hall–Kier alpha value is -3.46. The lowest BCUT2D eigenvalue weighted by Crippen LogP contribution is -2.03. The van der Waals surface area contributed by atoms with Crippen LogP contribution >= 0.6 is 11.8 Å². The molecule has 0 radical (unpaired) electrons. The Morgan fingerprint density at radius 3 is 2.77 bits per heavy atom. The third kappa shape index (κ3) is 3.59. The molecule has 0 spiro atoms. The van der Waals surface area contributed by atoms with Crippen molar-refractivity contribution in [1.82, 2.24) is 29.5 Å². The topological polar surface area (TPSA) is 83.8 Å². The van der Waals surface area contributed by atoms with Gasteiger partial charge >= 0.3 is 0 Å². The summed E-state index contributed by atoms with van der Waals surface area (Å²) >= 11 is 1.49. The molecule has 0 fully saturated rings. The first-order valence-electron chi connectivity index (χ1n) is 9.39. The number of benzene rings is 2. The van der Waals surface area contributed by atoms with Crippen LogP contribution in [0, 0.1) is 19.7 Å². The van der Waals surface area contributed by atoms with E-state index in [0.29, 0.717) is 28.1 Å². The third-order valence-electron chi connectivity index (χ3n) is 4.63. The summed E-state index contributed by atoms with van der Waals surface area (Å²) in [4.78, 5) is 16.9. The van der Waals surface area contributed by atoms with E-state index in [9.17, 15) is 4.39 Å². The number of nitrogens with zero attached hydrogens (tertiary/aromatic N) is 5. The van der Waals surface area contributed by atoms with Crippen LogP contribution in [0.5, 0.6) is 0 Å². The molecule has 9 heteroatoms. The Morgan fingerprint density at radius 2 is 1.93 bits per heavy atom. The fraction of sp³-hybridized carbons (Fsp3) is 0.143. The standard InChI is InChI=1S/C21H18FN7S/c1-12-9-14(7-8-15(12)22)24-19-10-13(2)23-20-27-21(28-29(19)20)30-11-18-25-16-5-3-4-6-17(16)26-18/h3-10,24H,11H2,1-2H3,(H,25,26). The van der Waals surface area contributed by atoms with Crippen molar-refractivity contribution in [2.45, 2.75) is 24.8 Å². The van der Waals surface area contributed by atoms with Gasteiger partial charge in [0.2, 0.25) is 5.16 Å². The molecule has 0 aliphatic carbocycles. The summed E-state index contributed by atoms with van der Waals surface area (Å²) in [7, 11) is 0. The number of rotatable bonds is 5. The highest BCUT2D eigenvalue weighted by molar-refractivity contribution is 7.98. The molecule has 0 aliphatic heterocycles. The van der Waals surface area contributed by atoms with E-state index in [1.165, 1.54) is 17.8 Å². The lowest BCUT2D eigenvalue weighted by molar-refractivity contribution is 0.619. The highest BCUT2D eigenvalue weighted by atomic mass is 32.2. The van der Waals surface area contributed by atoms with Crippen molar-refractivity contribution in [3.8, 4) is 0 Å². The molecule has 2 N–H and O–H groups in total. The predicted octanol–water partition coefficient (Wildman–Crippen LogP) is 4.79. The number of anilines is 2. The van der Waals surface area contributed by atoms with Crippen LogP contribution in [0.3, 0.4) is 0 Å². The molecule has 3 aromatic heterocycles. The van der Waals surface area contributed by atoms with Gasteiger partial charge in [-0.1, -0.05) is 23.9 Å². The summed E-state index contributed by atoms with van der Waals surface area (Å²) in [6.07, 6.45) is 0. The van der Waals surface area contributed by atoms with Gasteiger partial charge in [0.05, 0.1) is 16.8 Å². The number of aryl methyl sites for hydroxylation is 2. The van der Waals surface area contributed by atoms with E-state index in [4.69, 9.17) is 0 Å². The smallest absolute Gasteiger partial charge is 0.255 e. The minimum atomic E-state index is -0.235. The molecule has 5 aromatic rings. The summed E-state index contributed by atoms with van der Waals surface area (Å²) in [5.41, 5.74) is 4.10. The molecule has 0 amide bonds. The van der Waals surface area contributed by atoms with E-state index in [2.05, 4.69) is 30.4 Å². The average molecular weight is 419 g/mol. The van der Waals surface area contributed by atoms with E-state index < -0.39 is 0 Å². The summed E-state index contributed by atoms with van der Waals surface area (Å²) in [6, 6.07) is 14.7. The lowest BCUT2D eigenvalue weighted by Gasteiger charge is -2.09. The van der Waals surface area contributed by atoms with Crippen molar-refractivity contribution in [3.05, 3.63) is 71.4 Å². The van der Waals surface area contributed by atoms with Crippen molar-refractivity contribution < 1.29 is 4.39 Å². The molecule has 3 heterocycles. The zero-order valence-electron chi connectivity index (χ0n) is 16.3. The second-order valence-corrected chi connectivity index (χ2v) is 7.91. The molecule has 7 nitrogen and oxygen atoms in total. The Morgan fingerprint density at radius 1 is 1.07 bits per heavy atom. The van der Waals surface area contributed by atoms with Gasteiger partial charge in [-0.05, 0) is 49.7 Å². The normalized spacial score (nSPS) is 11.4. The van der Waals surface area contributed by atoms with Gasteiger partial charge in [0.1, 0.15) is 17.5 Å². The number of imidazole rings is 1. The summed E-state index contributed by atoms with van der Waals surface area (Å²) < 4.78 is 15.2. The monoisotopic (exact) mass is 419 g/mol. The van der Waals surface area contributed by atoms with Crippen molar-refractivity contribution in [2.75, 3.05) is 5.32 Å². The molecule has 30 heavy (non-hydrogen) atoms. The van der Waals surface area contributed by atoms with Crippen molar-refractivity contribution in [2.24, 2.45) is 0 Å². The minimum Gasteiger partial charge on any atom is -0.341 e. The van der Waals surface area contributed by atoms with Gasteiger partial charge in [-0.15, -0.1) is 5.10 Å². The fourth-order valence-electron chi connectivity index (χ4n) is 3.20. The Bertz CT molecular complexity index is 1340. The average Bonchev–Trinajstić information content (AvgIpc) is 3.32.